The summed E-state index contributed by atoms with van der Waals surface area (Å²) < 4.78 is 43.0. The molecule has 0 unspecified atom stereocenters. The smallest absolute Gasteiger partial charge is 0.416 e. The van der Waals surface area contributed by atoms with Gasteiger partial charge >= 0.3 is 6.18 Å². The Labute approximate surface area is 116 Å². The van der Waals surface area contributed by atoms with Crippen LogP contribution in [0.1, 0.15) is 30.5 Å². The molecular formula is C13H17ClF3NO. The van der Waals surface area contributed by atoms with Crippen LogP contribution >= 0.6 is 12.4 Å². The maximum absolute atomic E-state index is 12.7. The second-order valence-corrected chi connectivity index (χ2v) is 4.26. The molecule has 1 aromatic rings. The highest BCUT2D eigenvalue weighted by Gasteiger charge is 2.31. The molecule has 0 bridgehead atoms. The first-order valence-electron chi connectivity index (χ1n) is 5.40. The van der Waals surface area contributed by atoms with E-state index in [1.807, 2.05) is 0 Å². The van der Waals surface area contributed by atoms with Crippen LogP contribution in [0.4, 0.5) is 13.2 Å². The van der Waals surface area contributed by atoms with Gasteiger partial charge in [-0.05, 0) is 37.1 Å². The van der Waals surface area contributed by atoms with E-state index in [1.165, 1.54) is 13.2 Å². The number of rotatable bonds is 4. The van der Waals surface area contributed by atoms with Gasteiger partial charge in [-0.25, -0.2) is 0 Å². The van der Waals surface area contributed by atoms with Crippen LogP contribution in [0.5, 0.6) is 5.75 Å². The molecule has 2 nitrogen and oxygen atoms in total. The number of benzene rings is 1. The SMILES string of the molecule is C=C(C)C[C@@H](N)c1cc(OC)cc(C(F)(F)F)c1.Cl. The molecule has 108 valence electrons. The fourth-order valence-corrected chi connectivity index (χ4v) is 1.61. The van der Waals surface area contributed by atoms with E-state index in [2.05, 4.69) is 6.58 Å². The molecule has 19 heavy (non-hydrogen) atoms. The van der Waals surface area contributed by atoms with Crippen LogP contribution in [0.3, 0.4) is 0 Å². The Hall–Kier alpha value is -1.20. The Morgan fingerprint density at radius 3 is 2.37 bits per heavy atom. The van der Waals surface area contributed by atoms with Gasteiger partial charge in [0.15, 0.2) is 0 Å². The van der Waals surface area contributed by atoms with Gasteiger partial charge in [0, 0.05) is 6.04 Å². The van der Waals surface area contributed by atoms with Crippen LogP contribution in [0.25, 0.3) is 0 Å². The van der Waals surface area contributed by atoms with Gasteiger partial charge in [-0.3, -0.25) is 0 Å². The molecule has 1 rings (SSSR count). The van der Waals surface area contributed by atoms with E-state index in [1.54, 1.807) is 6.92 Å². The van der Waals surface area contributed by atoms with Crippen LogP contribution in [0.15, 0.2) is 30.4 Å². The maximum Gasteiger partial charge on any atom is 0.416 e. The van der Waals surface area contributed by atoms with Gasteiger partial charge in [0.05, 0.1) is 12.7 Å². The highest BCUT2D eigenvalue weighted by atomic mass is 35.5. The zero-order valence-corrected chi connectivity index (χ0v) is 11.6. The fourth-order valence-electron chi connectivity index (χ4n) is 1.61. The molecule has 0 aliphatic heterocycles. The van der Waals surface area contributed by atoms with Crippen LogP contribution in [-0.4, -0.2) is 7.11 Å². The molecule has 0 fully saturated rings. The molecule has 0 aromatic heterocycles. The quantitative estimate of drug-likeness (QED) is 0.849. The second kappa shape index (κ2) is 6.82. The van der Waals surface area contributed by atoms with Crippen molar-refractivity contribution in [2.24, 2.45) is 5.73 Å². The third kappa shape index (κ3) is 5.12. The minimum atomic E-state index is -4.41. The number of halogens is 4. The van der Waals surface area contributed by atoms with Crippen molar-refractivity contribution in [2.75, 3.05) is 7.11 Å². The van der Waals surface area contributed by atoms with Gasteiger partial charge in [-0.1, -0.05) is 5.57 Å². The lowest BCUT2D eigenvalue weighted by Gasteiger charge is -2.16. The molecule has 2 N–H and O–H groups in total. The van der Waals surface area contributed by atoms with Crippen molar-refractivity contribution in [1.82, 2.24) is 0 Å². The third-order valence-corrected chi connectivity index (χ3v) is 2.49. The molecule has 6 heteroatoms. The fraction of sp³-hybridized carbons (Fsp3) is 0.385. The largest absolute Gasteiger partial charge is 0.497 e. The van der Waals surface area contributed by atoms with Crippen molar-refractivity contribution >= 4 is 12.4 Å². The van der Waals surface area contributed by atoms with Crippen molar-refractivity contribution in [1.29, 1.82) is 0 Å². The minimum absolute atomic E-state index is 0. The van der Waals surface area contributed by atoms with E-state index in [-0.39, 0.29) is 18.2 Å². The number of hydrogen-bond acceptors (Lipinski definition) is 2. The lowest BCUT2D eigenvalue weighted by Crippen LogP contribution is -2.13. The zero-order valence-electron chi connectivity index (χ0n) is 10.8. The molecule has 0 saturated heterocycles. The first kappa shape index (κ1) is 17.8. The van der Waals surface area contributed by atoms with Crippen molar-refractivity contribution in [3.8, 4) is 5.75 Å². The van der Waals surface area contributed by atoms with Gasteiger partial charge < -0.3 is 10.5 Å². The first-order chi connectivity index (χ1) is 8.24. The summed E-state index contributed by atoms with van der Waals surface area (Å²) in [6.45, 7) is 5.48. The predicted octanol–water partition coefficient (Wildman–Crippen LogP) is 4.10. The summed E-state index contributed by atoms with van der Waals surface area (Å²) in [5.41, 5.74) is 6.30. The Morgan fingerprint density at radius 2 is 1.95 bits per heavy atom. The lowest BCUT2D eigenvalue weighted by molar-refractivity contribution is -0.137. The second-order valence-electron chi connectivity index (χ2n) is 4.26. The van der Waals surface area contributed by atoms with Crippen molar-refractivity contribution in [3.63, 3.8) is 0 Å². The van der Waals surface area contributed by atoms with E-state index in [4.69, 9.17) is 10.5 Å². The van der Waals surface area contributed by atoms with Crippen LogP contribution < -0.4 is 10.5 Å². The average Bonchev–Trinajstić information content (AvgIpc) is 2.26. The van der Waals surface area contributed by atoms with Gasteiger partial charge in [-0.2, -0.15) is 13.2 Å². The monoisotopic (exact) mass is 295 g/mol. The predicted molar refractivity (Wildman–Crippen MR) is 71.6 cm³/mol. The molecule has 0 aliphatic carbocycles. The first-order valence-corrected chi connectivity index (χ1v) is 5.40. The molecule has 0 heterocycles. The molecule has 0 aliphatic rings. The molecule has 0 amide bonds. The summed E-state index contributed by atoms with van der Waals surface area (Å²) in [5, 5.41) is 0. The van der Waals surface area contributed by atoms with Crippen molar-refractivity contribution < 1.29 is 17.9 Å². The maximum atomic E-state index is 12.7. The summed E-state index contributed by atoms with van der Waals surface area (Å²) in [7, 11) is 1.32. The van der Waals surface area contributed by atoms with E-state index in [9.17, 15) is 13.2 Å². The van der Waals surface area contributed by atoms with Gasteiger partial charge in [-0.15, -0.1) is 19.0 Å². The molecule has 0 spiro atoms. The number of nitrogens with two attached hydrogens (primary N) is 1. The number of hydrogen-bond donors (Lipinski definition) is 1. The number of methoxy groups -OCH3 is 1. The van der Waals surface area contributed by atoms with E-state index in [0.717, 1.165) is 17.7 Å². The summed E-state index contributed by atoms with van der Waals surface area (Å²) in [5.74, 6) is 0.150. The zero-order chi connectivity index (χ0) is 13.9. The van der Waals surface area contributed by atoms with Gasteiger partial charge in [0.1, 0.15) is 5.75 Å². The van der Waals surface area contributed by atoms with Gasteiger partial charge in [0.25, 0.3) is 0 Å². The Bertz CT molecular complexity index is 446. The Kier molecular flexibility index (Phi) is 6.39. The van der Waals surface area contributed by atoms with Gasteiger partial charge in [0.2, 0.25) is 0 Å². The summed E-state index contributed by atoms with van der Waals surface area (Å²) in [6, 6.07) is 3.01. The molecule has 0 saturated carbocycles. The summed E-state index contributed by atoms with van der Waals surface area (Å²) >= 11 is 0. The Balaban J connectivity index is 0.00000324. The minimum Gasteiger partial charge on any atom is -0.497 e. The third-order valence-electron chi connectivity index (χ3n) is 2.49. The van der Waals surface area contributed by atoms with E-state index >= 15 is 0 Å². The molecule has 1 aromatic carbocycles. The number of alkyl halides is 3. The van der Waals surface area contributed by atoms with Crippen LogP contribution in [0.2, 0.25) is 0 Å². The lowest BCUT2D eigenvalue weighted by atomic mass is 9.99. The van der Waals surface area contributed by atoms with Crippen molar-refractivity contribution in [2.45, 2.75) is 25.6 Å². The number of ether oxygens (including phenoxy) is 1. The standard InChI is InChI=1S/C13H16F3NO.ClH/c1-8(2)4-12(17)9-5-10(13(14,15)16)7-11(6-9)18-3;/h5-7,12H,1,4,17H2,2-3H3;1H/t12-;/m1./s1. The molecular weight excluding hydrogens is 279 g/mol. The van der Waals surface area contributed by atoms with Crippen LogP contribution in [-0.2, 0) is 6.18 Å². The molecule has 1 atom stereocenters. The average molecular weight is 296 g/mol. The Morgan fingerprint density at radius 1 is 1.37 bits per heavy atom. The normalized spacial score (nSPS) is 12.5. The highest BCUT2D eigenvalue weighted by Crippen LogP contribution is 2.34. The molecule has 0 radical (unpaired) electrons. The highest BCUT2D eigenvalue weighted by molar-refractivity contribution is 5.85. The van der Waals surface area contributed by atoms with Crippen molar-refractivity contribution in [3.05, 3.63) is 41.5 Å². The summed E-state index contributed by atoms with van der Waals surface area (Å²) in [4.78, 5) is 0. The van der Waals surface area contributed by atoms with Crippen LogP contribution in [0, 0.1) is 0 Å². The summed E-state index contributed by atoms with van der Waals surface area (Å²) in [6.07, 6.45) is -3.98. The van der Waals surface area contributed by atoms with E-state index in [0.29, 0.717) is 12.0 Å². The topological polar surface area (TPSA) is 35.2 Å². The van der Waals surface area contributed by atoms with E-state index < -0.39 is 17.8 Å².